The number of benzene rings is 2. The van der Waals surface area contributed by atoms with Gasteiger partial charge in [0.1, 0.15) is 5.82 Å². The molecule has 38 heavy (non-hydrogen) atoms. The highest BCUT2D eigenvalue weighted by Gasteiger charge is 2.30. The first-order chi connectivity index (χ1) is 18.4. The fourth-order valence-electron chi connectivity index (χ4n) is 5.54. The van der Waals surface area contributed by atoms with Crippen molar-refractivity contribution in [2.75, 3.05) is 0 Å². The summed E-state index contributed by atoms with van der Waals surface area (Å²) in [7, 11) is 0. The van der Waals surface area contributed by atoms with Crippen LogP contribution in [0.2, 0.25) is 0 Å². The second-order valence-electron chi connectivity index (χ2n) is 9.80. The van der Waals surface area contributed by atoms with Crippen LogP contribution in [0, 0.1) is 18.3 Å². The largest absolute Gasteiger partial charge is 0.321 e. The average molecular weight is 531 g/mol. The third kappa shape index (κ3) is 5.06. The highest BCUT2D eigenvalue weighted by atomic mass is 32.1. The van der Waals surface area contributed by atoms with Gasteiger partial charge in [-0.3, -0.25) is 9.59 Å². The van der Waals surface area contributed by atoms with Gasteiger partial charge in [0, 0.05) is 35.6 Å². The Morgan fingerprint density at radius 1 is 1.13 bits per heavy atom. The molecule has 2 aromatic carbocycles. The lowest BCUT2D eigenvalue weighted by Crippen LogP contribution is -2.22. The number of fused-ring (bicyclic) bond motifs is 1. The number of carbonyl (C=O) groups is 2. The first-order valence-electron chi connectivity index (χ1n) is 12.9. The highest BCUT2D eigenvalue weighted by molar-refractivity contribution is 7.14. The SMILES string of the molecule is C#Cc1ccc(C(=O)C[C@@H]2CCCC(n3c(-c4ccccc4C(F)F)nc4cc(C(=O)CC)ccc43)C2)s1. The van der Waals surface area contributed by atoms with Gasteiger partial charge in [0.25, 0.3) is 6.43 Å². The molecule has 4 aromatic rings. The van der Waals surface area contributed by atoms with Crippen molar-refractivity contribution in [1.82, 2.24) is 9.55 Å². The van der Waals surface area contributed by atoms with Crippen molar-refractivity contribution in [2.45, 2.75) is 57.9 Å². The van der Waals surface area contributed by atoms with E-state index < -0.39 is 6.43 Å². The number of alkyl halides is 2. The van der Waals surface area contributed by atoms with Crippen molar-refractivity contribution < 1.29 is 18.4 Å². The zero-order valence-corrected chi connectivity index (χ0v) is 21.9. The second kappa shape index (κ2) is 11.0. The van der Waals surface area contributed by atoms with Crippen molar-refractivity contribution in [2.24, 2.45) is 5.92 Å². The van der Waals surface area contributed by atoms with Gasteiger partial charge in [-0.15, -0.1) is 17.8 Å². The number of terminal acetylenes is 1. The van der Waals surface area contributed by atoms with Crippen LogP contribution in [0.1, 0.15) is 88.4 Å². The standard InChI is InChI=1S/C31H28F2N2O2S/c1-3-22-13-15-29(38-22)28(37)17-19-8-7-9-21(16-19)35-26-14-12-20(27(36)4-2)18-25(26)34-31(35)24-11-6-5-10-23(24)30(32)33/h1,5-6,10-15,18-19,21,30H,4,7-9,16-17H2,2H3/t19-,21?/m1/s1. The van der Waals surface area contributed by atoms with E-state index in [2.05, 4.69) is 10.5 Å². The Morgan fingerprint density at radius 3 is 2.68 bits per heavy atom. The Labute approximate surface area is 224 Å². The minimum atomic E-state index is -2.65. The molecule has 2 heterocycles. The first kappa shape index (κ1) is 26.0. The molecule has 0 spiro atoms. The summed E-state index contributed by atoms with van der Waals surface area (Å²) in [6.07, 6.45) is 7.06. The third-order valence-electron chi connectivity index (χ3n) is 7.39. The van der Waals surface area contributed by atoms with E-state index in [0.29, 0.717) is 40.2 Å². The lowest BCUT2D eigenvalue weighted by molar-refractivity contribution is 0.0944. The number of halogens is 2. The van der Waals surface area contributed by atoms with Crippen LogP contribution in [0.5, 0.6) is 0 Å². The van der Waals surface area contributed by atoms with E-state index in [9.17, 15) is 18.4 Å². The molecule has 2 atom stereocenters. The van der Waals surface area contributed by atoms with E-state index in [1.807, 2.05) is 13.0 Å². The van der Waals surface area contributed by atoms with Crippen molar-refractivity contribution in [3.05, 3.63) is 75.5 Å². The van der Waals surface area contributed by atoms with Gasteiger partial charge in [0.05, 0.1) is 20.8 Å². The third-order valence-corrected chi connectivity index (χ3v) is 8.44. The number of thiophene rings is 1. The average Bonchev–Trinajstić information content (AvgIpc) is 3.57. The fourth-order valence-corrected chi connectivity index (χ4v) is 6.30. The van der Waals surface area contributed by atoms with Crippen molar-refractivity contribution in [3.63, 3.8) is 0 Å². The van der Waals surface area contributed by atoms with E-state index in [4.69, 9.17) is 11.4 Å². The molecule has 1 aliphatic rings. The highest BCUT2D eigenvalue weighted by Crippen LogP contribution is 2.41. The Hall–Kier alpha value is -3.63. The van der Waals surface area contributed by atoms with E-state index in [-0.39, 0.29) is 29.1 Å². The molecule has 5 rings (SSSR count). The van der Waals surface area contributed by atoms with Gasteiger partial charge in [0.15, 0.2) is 11.6 Å². The molecule has 0 N–H and O–H groups in total. The van der Waals surface area contributed by atoms with E-state index in [0.717, 1.165) is 36.1 Å². The molecule has 2 aromatic heterocycles. The maximum atomic E-state index is 14.0. The molecule has 0 radical (unpaired) electrons. The zero-order valence-electron chi connectivity index (χ0n) is 21.1. The monoisotopic (exact) mass is 530 g/mol. The lowest BCUT2D eigenvalue weighted by Gasteiger charge is -2.31. The Balaban J connectivity index is 1.54. The molecule has 1 aliphatic carbocycles. The summed E-state index contributed by atoms with van der Waals surface area (Å²) in [6.45, 7) is 1.81. The molecule has 7 heteroatoms. The van der Waals surface area contributed by atoms with Crippen LogP contribution in [0.4, 0.5) is 8.78 Å². The van der Waals surface area contributed by atoms with Crippen LogP contribution in [-0.4, -0.2) is 21.1 Å². The van der Waals surface area contributed by atoms with Gasteiger partial charge >= 0.3 is 0 Å². The van der Waals surface area contributed by atoms with Crippen molar-refractivity contribution >= 4 is 33.9 Å². The summed E-state index contributed by atoms with van der Waals surface area (Å²) < 4.78 is 30.1. The van der Waals surface area contributed by atoms with Crippen LogP contribution < -0.4 is 0 Å². The molecular weight excluding hydrogens is 502 g/mol. The summed E-state index contributed by atoms with van der Waals surface area (Å²) >= 11 is 1.34. The molecule has 1 saturated carbocycles. The lowest BCUT2D eigenvalue weighted by atomic mass is 9.82. The molecular formula is C31H28F2N2O2S. The Bertz CT molecular complexity index is 1540. The van der Waals surface area contributed by atoms with Crippen LogP contribution >= 0.6 is 11.3 Å². The second-order valence-corrected chi connectivity index (χ2v) is 10.9. The first-order valence-corrected chi connectivity index (χ1v) is 13.7. The summed E-state index contributed by atoms with van der Waals surface area (Å²) in [5.74, 6) is 3.31. The van der Waals surface area contributed by atoms with Gasteiger partial charge in [0.2, 0.25) is 0 Å². The van der Waals surface area contributed by atoms with Gasteiger partial charge in [-0.2, -0.15) is 0 Å². The van der Waals surface area contributed by atoms with E-state index in [1.54, 1.807) is 42.5 Å². The Kier molecular flexibility index (Phi) is 7.53. The number of imidazole rings is 1. The summed E-state index contributed by atoms with van der Waals surface area (Å²) in [5.41, 5.74) is 2.31. The molecule has 1 unspecified atom stereocenters. The summed E-state index contributed by atoms with van der Waals surface area (Å²) in [6, 6.07) is 15.5. The number of ketones is 2. The summed E-state index contributed by atoms with van der Waals surface area (Å²) in [5, 5.41) is 0. The van der Waals surface area contributed by atoms with Gasteiger partial charge < -0.3 is 4.57 Å². The number of hydrogen-bond donors (Lipinski definition) is 0. The van der Waals surface area contributed by atoms with Gasteiger partial charge in [-0.1, -0.05) is 43.5 Å². The topological polar surface area (TPSA) is 52.0 Å². The van der Waals surface area contributed by atoms with E-state index in [1.165, 1.54) is 17.4 Å². The number of rotatable bonds is 8. The van der Waals surface area contributed by atoms with Gasteiger partial charge in [-0.05, 0) is 55.5 Å². The number of nitrogens with zero attached hydrogens (tertiary/aromatic N) is 2. The fraction of sp³-hybridized carbons (Fsp3) is 0.323. The molecule has 0 saturated heterocycles. The molecule has 194 valence electrons. The number of Topliss-reactive ketones (excluding diaryl/α,β-unsaturated/α-hetero) is 2. The predicted molar refractivity (Wildman–Crippen MR) is 147 cm³/mol. The van der Waals surface area contributed by atoms with Crippen molar-refractivity contribution in [1.29, 1.82) is 0 Å². The summed E-state index contributed by atoms with van der Waals surface area (Å²) in [4.78, 5) is 31.6. The number of carbonyl (C=O) groups excluding carboxylic acids is 2. The number of aromatic nitrogens is 2. The van der Waals surface area contributed by atoms with Crippen LogP contribution in [0.25, 0.3) is 22.4 Å². The molecule has 0 bridgehead atoms. The van der Waals surface area contributed by atoms with E-state index >= 15 is 0 Å². The van der Waals surface area contributed by atoms with Crippen molar-refractivity contribution in [3.8, 4) is 23.7 Å². The predicted octanol–water partition coefficient (Wildman–Crippen LogP) is 8.28. The zero-order chi connectivity index (χ0) is 26.8. The van der Waals surface area contributed by atoms with Crippen LogP contribution in [0.3, 0.4) is 0 Å². The molecule has 4 nitrogen and oxygen atoms in total. The molecule has 1 fully saturated rings. The minimum Gasteiger partial charge on any atom is -0.321 e. The normalized spacial score (nSPS) is 17.6. The van der Waals surface area contributed by atoms with Gasteiger partial charge in [-0.25, -0.2) is 13.8 Å². The Morgan fingerprint density at radius 2 is 1.95 bits per heavy atom. The molecule has 0 aliphatic heterocycles. The van der Waals surface area contributed by atoms with Crippen LogP contribution in [0.15, 0.2) is 54.6 Å². The minimum absolute atomic E-state index is 0.00814. The smallest absolute Gasteiger partial charge is 0.264 e. The molecule has 0 amide bonds. The maximum Gasteiger partial charge on any atom is 0.264 e. The van der Waals surface area contributed by atoms with Crippen LogP contribution in [-0.2, 0) is 0 Å². The maximum absolute atomic E-state index is 14.0. The number of hydrogen-bond acceptors (Lipinski definition) is 4. The quantitative estimate of drug-likeness (QED) is 0.170.